The normalized spacial score (nSPS) is 11.0. The summed E-state index contributed by atoms with van der Waals surface area (Å²) in [6.07, 6.45) is 0. The van der Waals surface area contributed by atoms with Crippen molar-refractivity contribution in [1.29, 1.82) is 0 Å². The van der Waals surface area contributed by atoms with Crippen molar-refractivity contribution in [3.63, 3.8) is 0 Å². The van der Waals surface area contributed by atoms with Crippen LogP contribution in [-0.2, 0) is 13.2 Å². The molecule has 0 aliphatic heterocycles. The highest BCUT2D eigenvalue weighted by atomic mass is 16.5. The summed E-state index contributed by atoms with van der Waals surface area (Å²) < 4.78 is 17.9. The maximum atomic E-state index is 5.65. The molecule has 0 aliphatic carbocycles. The van der Waals surface area contributed by atoms with Crippen LogP contribution in [0.15, 0.2) is 47.0 Å². The van der Waals surface area contributed by atoms with Crippen LogP contribution >= 0.6 is 0 Å². The Morgan fingerprint density at radius 3 is 2.65 bits per heavy atom. The van der Waals surface area contributed by atoms with Gasteiger partial charge in [-0.05, 0) is 49.4 Å². The maximum Gasteiger partial charge on any atom is 0.264 e. The van der Waals surface area contributed by atoms with E-state index >= 15 is 0 Å². The highest BCUT2D eigenvalue weighted by molar-refractivity contribution is 5.79. The molecule has 2 aromatic carbocycles. The largest absolute Gasteiger partial charge is 0.497 e. The highest BCUT2D eigenvalue weighted by Crippen LogP contribution is 2.22. The summed E-state index contributed by atoms with van der Waals surface area (Å²) >= 11 is 0. The van der Waals surface area contributed by atoms with Crippen molar-refractivity contribution in [2.75, 3.05) is 7.11 Å². The van der Waals surface area contributed by atoms with E-state index in [0.717, 1.165) is 28.9 Å². The van der Waals surface area contributed by atoms with Crippen LogP contribution in [-0.4, -0.2) is 32.2 Å². The molecule has 0 radical (unpaired) electrons. The van der Waals surface area contributed by atoms with Gasteiger partial charge in [0.1, 0.15) is 17.0 Å². The third-order valence-electron chi connectivity index (χ3n) is 3.96. The van der Waals surface area contributed by atoms with Crippen LogP contribution in [0.1, 0.15) is 12.8 Å². The van der Waals surface area contributed by atoms with Crippen LogP contribution in [0.3, 0.4) is 0 Å². The molecule has 8 heteroatoms. The predicted octanol–water partition coefficient (Wildman–Crippen LogP) is 3.09. The molecule has 132 valence electrons. The van der Waals surface area contributed by atoms with E-state index in [0.29, 0.717) is 17.5 Å². The first-order valence-corrected chi connectivity index (χ1v) is 8.20. The van der Waals surface area contributed by atoms with E-state index < -0.39 is 0 Å². The Kier molecular flexibility index (Phi) is 4.22. The number of nitrogens with zero attached hydrogens (tertiary/aromatic N) is 5. The van der Waals surface area contributed by atoms with E-state index in [1.54, 1.807) is 7.11 Å². The number of aromatic nitrogens is 5. The fraction of sp³-hybridized carbons (Fsp3) is 0.222. The fourth-order valence-corrected chi connectivity index (χ4v) is 2.59. The average molecular weight is 351 g/mol. The monoisotopic (exact) mass is 351 g/mol. The van der Waals surface area contributed by atoms with Gasteiger partial charge < -0.3 is 14.0 Å². The Morgan fingerprint density at radius 1 is 1.08 bits per heavy atom. The number of aryl methyl sites for hydroxylation is 1. The van der Waals surface area contributed by atoms with E-state index in [9.17, 15) is 0 Å². The van der Waals surface area contributed by atoms with Gasteiger partial charge >= 0.3 is 0 Å². The summed E-state index contributed by atoms with van der Waals surface area (Å²) in [6, 6.07) is 13.1. The van der Waals surface area contributed by atoms with Crippen molar-refractivity contribution in [3.8, 4) is 22.9 Å². The first-order valence-electron chi connectivity index (χ1n) is 8.20. The molecule has 0 amide bonds. The molecule has 4 aromatic rings. The van der Waals surface area contributed by atoms with Crippen LogP contribution in [0.25, 0.3) is 22.4 Å². The Labute approximate surface area is 149 Å². The van der Waals surface area contributed by atoms with E-state index in [4.69, 9.17) is 14.0 Å². The van der Waals surface area contributed by atoms with Crippen LogP contribution in [0.5, 0.6) is 11.5 Å². The molecule has 4 rings (SSSR count). The lowest BCUT2D eigenvalue weighted by atomic mass is 10.2. The molecular weight excluding hydrogens is 334 g/mol. The van der Waals surface area contributed by atoms with E-state index in [-0.39, 0.29) is 6.61 Å². The maximum absolute atomic E-state index is 5.65. The summed E-state index contributed by atoms with van der Waals surface area (Å²) in [7, 11) is 1.62. The van der Waals surface area contributed by atoms with E-state index in [1.165, 1.54) is 0 Å². The topological polar surface area (TPSA) is 88.1 Å². The van der Waals surface area contributed by atoms with E-state index in [1.807, 2.05) is 54.1 Å². The zero-order valence-corrected chi connectivity index (χ0v) is 14.4. The van der Waals surface area contributed by atoms with Gasteiger partial charge in [0.15, 0.2) is 6.61 Å². The lowest BCUT2D eigenvalue weighted by molar-refractivity contribution is 0.242. The second-order valence-corrected chi connectivity index (χ2v) is 5.58. The van der Waals surface area contributed by atoms with Gasteiger partial charge in [-0.1, -0.05) is 10.4 Å². The first-order chi connectivity index (χ1) is 12.8. The van der Waals surface area contributed by atoms with Gasteiger partial charge in [-0.3, -0.25) is 0 Å². The lowest BCUT2D eigenvalue weighted by Crippen LogP contribution is -1.96. The Morgan fingerprint density at radius 2 is 1.88 bits per heavy atom. The Hall–Kier alpha value is -3.42. The molecule has 2 aromatic heterocycles. The van der Waals surface area contributed by atoms with Crippen molar-refractivity contribution in [2.24, 2.45) is 0 Å². The van der Waals surface area contributed by atoms with Crippen molar-refractivity contribution in [2.45, 2.75) is 20.1 Å². The van der Waals surface area contributed by atoms with Crippen LogP contribution in [0.4, 0.5) is 0 Å². The zero-order chi connectivity index (χ0) is 17.9. The number of fused-ring (bicyclic) bond motifs is 1. The molecule has 0 N–H and O–H groups in total. The van der Waals surface area contributed by atoms with Crippen molar-refractivity contribution in [1.82, 2.24) is 25.1 Å². The van der Waals surface area contributed by atoms with Crippen molar-refractivity contribution < 1.29 is 14.0 Å². The lowest BCUT2D eigenvalue weighted by Gasteiger charge is -2.04. The number of benzene rings is 2. The van der Waals surface area contributed by atoms with Gasteiger partial charge in [-0.25, -0.2) is 4.68 Å². The Balaban J connectivity index is 1.48. The average Bonchev–Trinajstić information content (AvgIpc) is 3.33. The SMILES string of the molecule is CCn1nnc2cc(-c3noc(COc4ccc(OC)cc4)n3)ccc21. The molecular formula is C18H17N5O3. The quantitative estimate of drug-likeness (QED) is 0.527. The third-order valence-corrected chi connectivity index (χ3v) is 3.96. The molecule has 0 fully saturated rings. The molecule has 0 saturated heterocycles. The molecule has 0 spiro atoms. The molecule has 0 bridgehead atoms. The number of ether oxygens (including phenoxy) is 2. The van der Waals surface area contributed by atoms with Crippen LogP contribution in [0.2, 0.25) is 0 Å². The molecule has 8 nitrogen and oxygen atoms in total. The minimum atomic E-state index is 0.188. The third kappa shape index (κ3) is 3.08. The van der Waals surface area contributed by atoms with Crippen molar-refractivity contribution >= 4 is 11.0 Å². The van der Waals surface area contributed by atoms with Gasteiger partial charge in [0.25, 0.3) is 5.89 Å². The zero-order valence-electron chi connectivity index (χ0n) is 14.4. The number of rotatable bonds is 6. The summed E-state index contributed by atoms with van der Waals surface area (Å²) in [5.74, 6) is 2.36. The second kappa shape index (κ2) is 6.83. The molecule has 26 heavy (non-hydrogen) atoms. The minimum Gasteiger partial charge on any atom is -0.497 e. The molecule has 0 aliphatic rings. The number of hydrogen-bond acceptors (Lipinski definition) is 7. The number of methoxy groups -OCH3 is 1. The smallest absolute Gasteiger partial charge is 0.264 e. The molecule has 0 saturated carbocycles. The Bertz CT molecular complexity index is 1020. The second-order valence-electron chi connectivity index (χ2n) is 5.58. The van der Waals surface area contributed by atoms with Gasteiger partial charge in [0.05, 0.1) is 12.6 Å². The standard InChI is InChI=1S/C18H17N5O3/c1-3-23-16-9-4-12(10-15(16)20-22-23)18-19-17(26-21-18)11-25-14-7-5-13(24-2)6-8-14/h4-10H,3,11H2,1-2H3. The van der Waals surface area contributed by atoms with Gasteiger partial charge in [0, 0.05) is 12.1 Å². The van der Waals surface area contributed by atoms with Gasteiger partial charge in [0.2, 0.25) is 5.82 Å². The summed E-state index contributed by atoms with van der Waals surface area (Å²) in [6.45, 7) is 2.98. The molecule has 2 heterocycles. The summed E-state index contributed by atoms with van der Waals surface area (Å²) in [5, 5.41) is 12.3. The minimum absolute atomic E-state index is 0.188. The first kappa shape index (κ1) is 16.1. The highest BCUT2D eigenvalue weighted by Gasteiger charge is 2.12. The summed E-state index contributed by atoms with van der Waals surface area (Å²) in [4.78, 5) is 4.38. The van der Waals surface area contributed by atoms with Gasteiger partial charge in [-0.15, -0.1) is 5.10 Å². The molecule has 0 atom stereocenters. The molecule has 0 unspecified atom stereocenters. The predicted molar refractivity (Wildman–Crippen MR) is 93.8 cm³/mol. The summed E-state index contributed by atoms with van der Waals surface area (Å²) in [5.41, 5.74) is 2.59. The van der Waals surface area contributed by atoms with Crippen LogP contribution < -0.4 is 9.47 Å². The van der Waals surface area contributed by atoms with Gasteiger partial charge in [-0.2, -0.15) is 4.98 Å². The fourth-order valence-electron chi connectivity index (χ4n) is 2.59. The van der Waals surface area contributed by atoms with Crippen molar-refractivity contribution in [3.05, 3.63) is 48.4 Å². The van der Waals surface area contributed by atoms with E-state index in [2.05, 4.69) is 20.5 Å². The number of hydrogen-bond donors (Lipinski definition) is 0. The van der Waals surface area contributed by atoms with Crippen LogP contribution in [0, 0.1) is 0 Å².